The van der Waals surface area contributed by atoms with Gasteiger partial charge < -0.3 is 20.1 Å². The zero-order valence-corrected chi connectivity index (χ0v) is 8.45. The highest BCUT2D eigenvalue weighted by Gasteiger charge is 2.08. The molecule has 1 aromatic heterocycles. The Morgan fingerprint density at radius 1 is 1.50 bits per heavy atom. The van der Waals surface area contributed by atoms with Crippen LogP contribution in [0.1, 0.15) is 5.56 Å². The molecule has 0 aliphatic rings. The summed E-state index contributed by atoms with van der Waals surface area (Å²) in [6, 6.07) is 1.56. The first-order chi connectivity index (χ1) is 7.52. The minimum atomic E-state index is -1.57. The molecule has 3 N–H and O–H groups in total. The lowest BCUT2D eigenvalue weighted by atomic mass is 10.3. The highest BCUT2D eigenvalue weighted by Crippen LogP contribution is 2.12. The van der Waals surface area contributed by atoms with Gasteiger partial charge in [0.15, 0.2) is 0 Å². The third-order valence-electron chi connectivity index (χ3n) is 1.42. The largest absolute Gasteiger partial charge is 0.506 e. The SMILES string of the molecule is COC(=O)C(=O)O.OCc1ccncc1O. The van der Waals surface area contributed by atoms with Crippen LogP contribution in [-0.4, -0.2) is 39.4 Å². The van der Waals surface area contributed by atoms with Crippen molar-refractivity contribution in [2.24, 2.45) is 0 Å². The van der Waals surface area contributed by atoms with E-state index in [0.717, 1.165) is 7.11 Å². The molecule has 1 heterocycles. The number of nitrogens with zero attached hydrogens (tertiary/aromatic N) is 1. The summed E-state index contributed by atoms with van der Waals surface area (Å²) < 4.78 is 3.77. The second-order valence-corrected chi connectivity index (χ2v) is 2.46. The van der Waals surface area contributed by atoms with Gasteiger partial charge in [0, 0.05) is 11.8 Å². The molecule has 0 amide bonds. The Hall–Kier alpha value is -2.15. The normalized spacial score (nSPS) is 8.62. The first-order valence-corrected chi connectivity index (χ1v) is 4.06. The molecule has 0 radical (unpaired) electrons. The number of pyridine rings is 1. The van der Waals surface area contributed by atoms with Gasteiger partial charge in [0.05, 0.1) is 19.9 Å². The molecule has 88 valence electrons. The molecule has 7 nitrogen and oxygen atoms in total. The molecular formula is C9H11NO6. The zero-order chi connectivity index (χ0) is 12.6. The van der Waals surface area contributed by atoms with Gasteiger partial charge >= 0.3 is 11.9 Å². The van der Waals surface area contributed by atoms with Crippen LogP contribution in [-0.2, 0) is 20.9 Å². The summed E-state index contributed by atoms with van der Waals surface area (Å²) in [5, 5.41) is 25.1. The lowest BCUT2D eigenvalue weighted by Crippen LogP contribution is -2.13. The number of carboxylic acid groups (broad SMARTS) is 1. The van der Waals surface area contributed by atoms with Crippen LogP contribution in [0.15, 0.2) is 18.5 Å². The van der Waals surface area contributed by atoms with Crippen LogP contribution >= 0.6 is 0 Å². The van der Waals surface area contributed by atoms with Gasteiger partial charge in [-0.05, 0) is 6.07 Å². The van der Waals surface area contributed by atoms with Crippen molar-refractivity contribution in [2.75, 3.05) is 7.11 Å². The van der Waals surface area contributed by atoms with Crippen LogP contribution in [0.4, 0.5) is 0 Å². The van der Waals surface area contributed by atoms with E-state index in [9.17, 15) is 9.59 Å². The van der Waals surface area contributed by atoms with Gasteiger partial charge in [-0.2, -0.15) is 0 Å². The number of esters is 1. The minimum absolute atomic E-state index is 0.0417. The molecule has 0 aliphatic heterocycles. The van der Waals surface area contributed by atoms with E-state index in [2.05, 4.69) is 9.72 Å². The summed E-state index contributed by atoms with van der Waals surface area (Å²) in [5.74, 6) is -2.76. The van der Waals surface area contributed by atoms with E-state index < -0.39 is 11.9 Å². The molecular weight excluding hydrogens is 218 g/mol. The molecule has 0 bridgehead atoms. The van der Waals surface area contributed by atoms with E-state index in [4.69, 9.17) is 15.3 Å². The number of hydrogen-bond donors (Lipinski definition) is 3. The highest BCUT2D eigenvalue weighted by atomic mass is 16.5. The Balaban J connectivity index is 0.000000293. The number of carbonyl (C=O) groups excluding carboxylic acids is 1. The molecule has 0 fully saturated rings. The van der Waals surface area contributed by atoms with Crippen LogP contribution in [0.3, 0.4) is 0 Å². The van der Waals surface area contributed by atoms with Crippen LogP contribution in [0, 0.1) is 0 Å². The molecule has 0 unspecified atom stereocenters. The average Bonchev–Trinajstić information content (AvgIpc) is 2.29. The fourth-order valence-electron chi connectivity index (χ4n) is 0.636. The molecule has 1 rings (SSSR count). The smallest absolute Gasteiger partial charge is 0.417 e. The van der Waals surface area contributed by atoms with Crippen molar-refractivity contribution in [3.05, 3.63) is 24.0 Å². The molecule has 0 saturated heterocycles. The second kappa shape index (κ2) is 7.18. The summed E-state index contributed by atoms with van der Waals surface area (Å²) in [6.07, 6.45) is 2.82. The third kappa shape index (κ3) is 4.91. The number of aliphatic hydroxyl groups excluding tert-OH is 1. The van der Waals surface area contributed by atoms with Crippen molar-refractivity contribution in [3.8, 4) is 5.75 Å². The Labute approximate surface area is 90.9 Å². The first-order valence-electron chi connectivity index (χ1n) is 4.06. The molecule has 7 heteroatoms. The Kier molecular flexibility index (Phi) is 6.22. The lowest BCUT2D eigenvalue weighted by Gasteiger charge is -1.95. The number of aromatic nitrogens is 1. The predicted octanol–water partition coefficient (Wildman–Crippen LogP) is -0.477. The van der Waals surface area contributed by atoms with Gasteiger partial charge in [-0.3, -0.25) is 4.98 Å². The fourth-order valence-corrected chi connectivity index (χ4v) is 0.636. The number of aliphatic carboxylic acids is 1. The summed E-state index contributed by atoms with van der Waals surface area (Å²) in [5.41, 5.74) is 0.505. The van der Waals surface area contributed by atoms with Gasteiger partial charge in [-0.15, -0.1) is 0 Å². The Morgan fingerprint density at radius 2 is 2.12 bits per heavy atom. The Morgan fingerprint density at radius 3 is 2.38 bits per heavy atom. The standard InChI is InChI=1S/C6H7NO2.C3H4O4/c8-4-5-1-2-7-3-6(5)9;1-7-3(6)2(4)5/h1-3,8-9H,4H2;1H3,(H,4,5). The number of ether oxygens (including phenoxy) is 1. The van der Waals surface area contributed by atoms with Crippen LogP contribution in [0.25, 0.3) is 0 Å². The molecule has 16 heavy (non-hydrogen) atoms. The number of hydrogen-bond acceptors (Lipinski definition) is 6. The van der Waals surface area contributed by atoms with Crippen LogP contribution in [0.5, 0.6) is 5.75 Å². The van der Waals surface area contributed by atoms with Gasteiger partial charge in [0.2, 0.25) is 0 Å². The highest BCUT2D eigenvalue weighted by molar-refractivity contribution is 6.28. The van der Waals surface area contributed by atoms with E-state index >= 15 is 0 Å². The van der Waals surface area contributed by atoms with Crippen molar-refractivity contribution < 1.29 is 29.6 Å². The minimum Gasteiger partial charge on any atom is -0.506 e. The van der Waals surface area contributed by atoms with Crippen molar-refractivity contribution in [1.29, 1.82) is 0 Å². The summed E-state index contributed by atoms with van der Waals surface area (Å²) in [6.45, 7) is -0.144. The molecule has 0 spiro atoms. The van der Waals surface area contributed by atoms with E-state index in [1.807, 2.05) is 0 Å². The van der Waals surface area contributed by atoms with Crippen LogP contribution < -0.4 is 0 Å². The van der Waals surface area contributed by atoms with E-state index in [0.29, 0.717) is 5.56 Å². The fraction of sp³-hybridized carbons (Fsp3) is 0.222. The monoisotopic (exact) mass is 229 g/mol. The maximum Gasteiger partial charge on any atom is 0.417 e. The summed E-state index contributed by atoms with van der Waals surface area (Å²) in [7, 11) is 1.01. The molecule has 1 aromatic rings. The zero-order valence-electron chi connectivity index (χ0n) is 8.45. The Bertz CT molecular complexity index is 365. The first kappa shape index (κ1) is 13.8. The molecule has 0 aromatic carbocycles. The van der Waals surface area contributed by atoms with Gasteiger partial charge in [0.25, 0.3) is 0 Å². The average molecular weight is 229 g/mol. The molecule has 0 atom stereocenters. The topological polar surface area (TPSA) is 117 Å². The van der Waals surface area contributed by atoms with Crippen molar-refractivity contribution >= 4 is 11.9 Å². The third-order valence-corrected chi connectivity index (χ3v) is 1.42. The lowest BCUT2D eigenvalue weighted by molar-refractivity contribution is -0.161. The number of carboxylic acids is 1. The number of methoxy groups -OCH3 is 1. The quantitative estimate of drug-likeness (QED) is 0.440. The summed E-state index contributed by atoms with van der Waals surface area (Å²) in [4.78, 5) is 22.8. The predicted molar refractivity (Wildman–Crippen MR) is 51.5 cm³/mol. The number of aromatic hydroxyl groups is 1. The molecule has 0 aliphatic carbocycles. The summed E-state index contributed by atoms with van der Waals surface area (Å²) >= 11 is 0. The van der Waals surface area contributed by atoms with Crippen molar-refractivity contribution in [1.82, 2.24) is 4.98 Å². The second-order valence-electron chi connectivity index (χ2n) is 2.46. The van der Waals surface area contributed by atoms with Crippen molar-refractivity contribution in [2.45, 2.75) is 6.61 Å². The van der Waals surface area contributed by atoms with Gasteiger partial charge in [-0.1, -0.05) is 0 Å². The molecule has 0 saturated carbocycles. The van der Waals surface area contributed by atoms with Crippen molar-refractivity contribution in [3.63, 3.8) is 0 Å². The van der Waals surface area contributed by atoms with E-state index in [1.165, 1.54) is 12.4 Å². The van der Waals surface area contributed by atoms with E-state index in [-0.39, 0.29) is 12.4 Å². The number of rotatable bonds is 1. The maximum atomic E-state index is 9.69. The van der Waals surface area contributed by atoms with Gasteiger partial charge in [0.1, 0.15) is 5.75 Å². The van der Waals surface area contributed by atoms with Gasteiger partial charge in [-0.25, -0.2) is 9.59 Å². The maximum absolute atomic E-state index is 9.69. The number of aliphatic hydroxyl groups is 1. The number of carbonyl (C=O) groups is 2. The van der Waals surface area contributed by atoms with Crippen LogP contribution in [0.2, 0.25) is 0 Å². The van der Waals surface area contributed by atoms with E-state index in [1.54, 1.807) is 6.07 Å².